The van der Waals surface area contributed by atoms with E-state index < -0.39 is 11.7 Å². The van der Waals surface area contributed by atoms with E-state index >= 15 is 0 Å². The van der Waals surface area contributed by atoms with E-state index in [0.29, 0.717) is 40.1 Å². The molecular weight excluding hydrogens is 369 g/mol. The van der Waals surface area contributed by atoms with E-state index in [-0.39, 0.29) is 5.78 Å². The molecule has 0 saturated carbocycles. The maximum atomic E-state index is 12.7. The topological polar surface area (TPSA) is 67.2 Å². The standard InChI is InChI=1S/C20H13F3N4O/c21-20(22,23)13-4-6-14(7-5-13)27-19-15-8-3-12(10-16(15)25-11-26-19)18-17(28)2-1-9-24-18/h1,3-11H,2H2,(H,25,26,27). The van der Waals surface area contributed by atoms with Gasteiger partial charge in [0.1, 0.15) is 17.9 Å². The highest BCUT2D eigenvalue weighted by molar-refractivity contribution is 6.47. The molecular formula is C20H13F3N4O. The van der Waals surface area contributed by atoms with Crippen LogP contribution in [0.2, 0.25) is 0 Å². The van der Waals surface area contributed by atoms with E-state index in [1.54, 1.807) is 30.5 Å². The quantitative estimate of drug-likeness (QED) is 0.715. The highest BCUT2D eigenvalue weighted by Gasteiger charge is 2.30. The van der Waals surface area contributed by atoms with Crippen LogP contribution in [-0.2, 0) is 11.0 Å². The third-order valence-corrected chi connectivity index (χ3v) is 4.26. The summed E-state index contributed by atoms with van der Waals surface area (Å²) in [5.41, 5.74) is 1.37. The largest absolute Gasteiger partial charge is 0.416 e. The number of fused-ring (bicyclic) bond motifs is 1. The van der Waals surface area contributed by atoms with Gasteiger partial charge in [0.2, 0.25) is 0 Å². The monoisotopic (exact) mass is 382 g/mol. The Bertz CT molecular complexity index is 1120. The minimum absolute atomic E-state index is 0.0704. The van der Waals surface area contributed by atoms with Crippen LogP contribution in [0.25, 0.3) is 10.9 Å². The van der Waals surface area contributed by atoms with Crippen molar-refractivity contribution in [2.24, 2.45) is 4.99 Å². The molecule has 1 aromatic heterocycles. The third kappa shape index (κ3) is 3.48. The van der Waals surface area contributed by atoms with Gasteiger partial charge in [-0.05, 0) is 36.4 Å². The summed E-state index contributed by atoms with van der Waals surface area (Å²) in [6.45, 7) is 0. The first-order chi connectivity index (χ1) is 13.4. The number of anilines is 2. The first-order valence-electron chi connectivity index (χ1n) is 8.37. The van der Waals surface area contributed by atoms with Gasteiger partial charge in [-0.25, -0.2) is 9.97 Å². The van der Waals surface area contributed by atoms with Crippen LogP contribution >= 0.6 is 0 Å². The van der Waals surface area contributed by atoms with Gasteiger partial charge < -0.3 is 5.32 Å². The van der Waals surface area contributed by atoms with Crippen LogP contribution in [0.1, 0.15) is 17.5 Å². The Kier molecular flexibility index (Phi) is 4.38. The molecule has 0 unspecified atom stereocenters. The number of carbonyl (C=O) groups is 1. The van der Waals surface area contributed by atoms with Crippen molar-refractivity contribution in [3.63, 3.8) is 0 Å². The van der Waals surface area contributed by atoms with E-state index in [0.717, 1.165) is 12.1 Å². The Labute approximate surface area is 157 Å². The summed E-state index contributed by atoms with van der Waals surface area (Å²) in [5.74, 6) is 0.382. The van der Waals surface area contributed by atoms with Gasteiger partial charge in [0, 0.05) is 29.3 Å². The van der Waals surface area contributed by atoms with E-state index in [2.05, 4.69) is 20.3 Å². The van der Waals surface area contributed by atoms with Crippen LogP contribution in [0.15, 0.2) is 66.1 Å². The van der Waals surface area contributed by atoms with Crippen LogP contribution < -0.4 is 5.32 Å². The van der Waals surface area contributed by atoms with Crippen LogP contribution in [0.4, 0.5) is 24.7 Å². The summed E-state index contributed by atoms with van der Waals surface area (Å²) in [5, 5.41) is 3.68. The van der Waals surface area contributed by atoms with Gasteiger partial charge in [0.15, 0.2) is 5.78 Å². The van der Waals surface area contributed by atoms with Crippen LogP contribution in [-0.4, -0.2) is 21.5 Å². The smallest absolute Gasteiger partial charge is 0.340 e. The second-order valence-electron chi connectivity index (χ2n) is 6.14. The van der Waals surface area contributed by atoms with Crippen LogP contribution in [0, 0.1) is 0 Å². The predicted molar refractivity (Wildman–Crippen MR) is 99.6 cm³/mol. The van der Waals surface area contributed by atoms with E-state index in [4.69, 9.17) is 0 Å². The number of alkyl halides is 3. The summed E-state index contributed by atoms with van der Waals surface area (Å²) in [6, 6.07) is 9.93. The zero-order valence-corrected chi connectivity index (χ0v) is 14.4. The van der Waals surface area contributed by atoms with Gasteiger partial charge in [-0.3, -0.25) is 9.79 Å². The Balaban J connectivity index is 1.66. The van der Waals surface area contributed by atoms with Crippen molar-refractivity contribution in [2.45, 2.75) is 12.6 Å². The Morgan fingerprint density at radius 1 is 1.00 bits per heavy atom. The molecule has 1 aliphatic rings. The molecule has 3 aromatic rings. The molecule has 5 nitrogen and oxygen atoms in total. The fourth-order valence-corrected chi connectivity index (χ4v) is 2.87. The molecule has 2 heterocycles. The second-order valence-corrected chi connectivity index (χ2v) is 6.14. The molecule has 0 fully saturated rings. The number of Topliss-reactive ketones (excluding diaryl/α,β-unsaturated/α-hetero) is 1. The normalized spacial score (nSPS) is 14.2. The lowest BCUT2D eigenvalue weighted by Crippen LogP contribution is -2.16. The summed E-state index contributed by atoms with van der Waals surface area (Å²) in [6.07, 6.45) is 0.564. The molecule has 28 heavy (non-hydrogen) atoms. The summed E-state index contributed by atoms with van der Waals surface area (Å²) >= 11 is 0. The maximum Gasteiger partial charge on any atom is 0.416 e. The molecule has 4 rings (SSSR count). The van der Waals surface area contributed by atoms with Gasteiger partial charge in [-0.2, -0.15) is 13.2 Å². The van der Waals surface area contributed by atoms with E-state index in [1.807, 2.05) is 0 Å². The fourth-order valence-electron chi connectivity index (χ4n) is 2.87. The Morgan fingerprint density at radius 2 is 1.79 bits per heavy atom. The summed E-state index contributed by atoms with van der Waals surface area (Å²) in [7, 11) is 0. The lowest BCUT2D eigenvalue weighted by atomic mass is 10.0. The van der Waals surface area contributed by atoms with Crippen molar-refractivity contribution in [3.05, 3.63) is 72.2 Å². The first-order valence-corrected chi connectivity index (χ1v) is 8.37. The van der Waals surface area contributed by atoms with Crippen molar-refractivity contribution in [2.75, 3.05) is 5.32 Å². The number of aromatic nitrogens is 2. The van der Waals surface area contributed by atoms with Crippen molar-refractivity contribution in [1.29, 1.82) is 0 Å². The molecule has 0 radical (unpaired) electrons. The first kappa shape index (κ1) is 17.8. The Morgan fingerprint density at radius 3 is 2.50 bits per heavy atom. The zero-order valence-electron chi connectivity index (χ0n) is 14.4. The lowest BCUT2D eigenvalue weighted by molar-refractivity contribution is -0.137. The molecule has 8 heteroatoms. The van der Waals surface area contributed by atoms with Crippen LogP contribution in [0.3, 0.4) is 0 Å². The highest BCUT2D eigenvalue weighted by atomic mass is 19.4. The van der Waals surface area contributed by atoms with Gasteiger partial charge >= 0.3 is 6.18 Å². The number of carbonyl (C=O) groups excluding carboxylic acids is 1. The number of hydrogen-bond donors (Lipinski definition) is 1. The number of nitrogens with zero attached hydrogens (tertiary/aromatic N) is 3. The molecule has 0 aliphatic carbocycles. The maximum absolute atomic E-state index is 12.7. The van der Waals surface area contributed by atoms with Crippen LogP contribution in [0.5, 0.6) is 0 Å². The molecule has 1 N–H and O–H groups in total. The zero-order chi connectivity index (χ0) is 19.7. The lowest BCUT2D eigenvalue weighted by Gasteiger charge is -2.12. The number of allylic oxidation sites excluding steroid dienone is 1. The van der Waals surface area contributed by atoms with E-state index in [1.165, 1.54) is 18.5 Å². The molecule has 0 atom stereocenters. The third-order valence-electron chi connectivity index (χ3n) is 4.26. The number of benzene rings is 2. The van der Waals surface area contributed by atoms with Crippen molar-refractivity contribution in [1.82, 2.24) is 9.97 Å². The number of halogens is 3. The van der Waals surface area contributed by atoms with Gasteiger partial charge in [-0.1, -0.05) is 12.1 Å². The second kappa shape index (κ2) is 6.88. The van der Waals surface area contributed by atoms with Crippen molar-refractivity contribution in [3.8, 4) is 0 Å². The molecule has 2 aromatic carbocycles. The van der Waals surface area contributed by atoms with Gasteiger partial charge in [-0.15, -0.1) is 0 Å². The van der Waals surface area contributed by atoms with Crippen molar-refractivity contribution < 1.29 is 18.0 Å². The average molecular weight is 382 g/mol. The number of hydrogen-bond acceptors (Lipinski definition) is 5. The molecule has 1 aliphatic heterocycles. The average Bonchev–Trinajstić information content (AvgIpc) is 2.68. The number of nitrogens with one attached hydrogen (secondary N) is 1. The Hall–Kier alpha value is -3.55. The number of rotatable bonds is 3. The molecule has 0 bridgehead atoms. The molecule has 0 spiro atoms. The number of aliphatic imine (C=N–C) groups is 1. The minimum Gasteiger partial charge on any atom is -0.340 e. The number of ketones is 1. The molecule has 140 valence electrons. The van der Waals surface area contributed by atoms with Gasteiger partial charge in [0.05, 0.1) is 11.1 Å². The highest BCUT2D eigenvalue weighted by Crippen LogP contribution is 2.31. The SMILES string of the molecule is O=C1CC=CN=C1c1ccc2c(Nc3ccc(C(F)(F)F)cc3)ncnc2c1. The summed E-state index contributed by atoms with van der Waals surface area (Å²) < 4.78 is 38.1. The molecule has 0 saturated heterocycles. The van der Waals surface area contributed by atoms with Crippen molar-refractivity contribution >= 4 is 33.9 Å². The van der Waals surface area contributed by atoms with Gasteiger partial charge in [0.25, 0.3) is 0 Å². The minimum atomic E-state index is -4.38. The van der Waals surface area contributed by atoms with E-state index in [9.17, 15) is 18.0 Å². The predicted octanol–water partition coefficient (Wildman–Crippen LogP) is 4.67. The molecule has 0 amide bonds. The fraction of sp³-hybridized carbons (Fsp3) is 0.100. The summed E-state index contributed by atoms with van der Waals surface area (Å²) in [4.78, 5) is 24.6.